The van der Waals surface area contributed by atoms with E-state index >= 15 is 0 Å². The van der Waals surface area contributed by atoms with Gasteiger partial charge in [0.2, 0.25) is 0 Å². The van der Waals surface area contributed by atoms with Crippen LogP contribution in [0.1, 0.15) is 15.9 Å². The summed E-state index contributed by atoms with van der Waals surface area (Å²) in [6, 6.07) is 8.16. The lowest BCUT2D eigenvalue weighted by Crippen LogP contribution is -2.10. The minimum Gasteiger partial charge on any atom is -0.478 e. The zero-order valence-corrected chi connectivity index (χ0v) is 8.87. The topological polar surface area (TPSA) is 37.3 Å². The number of benzene rings is 1. The van der Waals surface area contributed by atoms with Crippen LogP contribution >= 0.6 is 0 Å². The molecule has 13 heavy (non-hydrogen) atoms. The highest BCUT2D eigenvalue weighted by molar-refractivity contribution is 6.55. The zero-order valence-electron chi connectivity index (χ0n) is 7.87. The van der Waals surface area contributed by atoms with Gasteiger partial charge in [0, 0.05) is 0 Å². The van der Waals surface area contributed by atoms with Crippen LogP contribution in [0.15, 0.2) is 24.3 Å². The Labute approximate surface area is 79.8 Å². The second-order valence-electron chi connectivity index (χ2n) is 3.35. The van der Waals surface area contributed by atoms with Gasteiger partial charge in [0.15, 0.2) is 0 Å². The maximum Gasteiger partial charge on any atom is 0.336 e. The van der Waals surface area contributed by atoms with E-state index in [1.807, 2.05) is 12.1 Å². The van der Waals surface area contributed by atoms with Gasteiger partial charge in [-0.2, -0.15) is 0 Å². The Balaban J connectivity index is 2.98. The first-order valence-electron chi connectivity index (χ1n) is 4.21. The third-order valence-electron chi connectivity index (χ3n) is 1.79. The summed E-state index contributed by atoms with van der Waals surface area (Å²) in [5.41, 5.74) is 1.42. The van der Waals surface area contributed by atoms with Gasteiger partial charge in [-0.3, -0.25) is 0 Å². The van der Waals surface area contributed by atoms with Gasteiger partial charge < -0.3 is 5.11 Å². The van der Waals surface area contributed by atoms with E-state index in [2.05, 4.69) is 13.1 Å². The van der Waals surface area contributed by atoms with E-state index in [0.717, 1.165) is 11.6 Å². The van der Waals surface area contributed by atoms with Gasteiger partial charge >= 0.3 is 14.8 Å². The number of hydrogen-bond donors (Lipinski definition) is 1. The molecule has 0 aliphatic carbocycles. The lowest BCUT2D eigenvalue weighted by atomic mass is 10.1. The highest BCUT2D eigenvalue weighted by atomic mass is 28.3. The largest absolute Gasteiger partial charge is 0.478 e. The normalized spacial score (nSPS) is 9.69. The highest BCUT2D eigenvalue weighted by Crippen LogP contribution is 2.10. The molecule has 1 N–H and O–H groups in total. The molecule has 0 unspecified atom stereocenters. The Bertz CT molecular complexity index is 308. The van der Waals surface area contributed by atoms with Crippen molar-refractivity contribution in [1.29, 1.82) is 0 Å². The van der Waals surface area contributed by atoms with Crippen LogP contribution < -0.4 is 0 Å². The number of carboxylic acid groups (broad SMARTS) is 1. The van der Waals surface area contributed by atoms with Crippen LogP contribution in [0, 0.1) is 0 Å². The molecule has 0 spiro atoms. The molecule has 3 heteroatoms. The predicted molar refractivity (Wildman–Crippen MR) is 54.6 cm³/mol. The van der Waals surface area contributed by atoms with Crippen molar-refractivity contribution in [1.82, 2.24) is 0 Å². The first kappa shape index (κ1) is 9.99. The monoisotopic (exact) mass is 193 g/mol. The Morgan fingerprint density at radius 3 is 2.54 bits per heavy atom. The zero-order chi connectivity index (χ0) is 9.84. The van der Waals surface area contributed by atoms with Crippen molar-refractivity contribution in [2.75, 3.05) is 0 Å². The van der Waals surface area contributed by atoms with E-state index in [1.54, 1.807) is 12.1 Å². The summed E-state index contributed by atoms with van der Waals surface area (Å²) in [7, 11) is -0.405. The summed E-state index contributed by atoms with van der Waals surface area (Å²) in [6.07, 6.45) is 0. The predicted octanol–water partition coefficient (Wildman–Crippen LogP) is 2.22. The molecule has 0 heterocycles. The standard InChI is InChI=1S/C10H12O2Si/c1-13(2)7-8-5-3-4-6-9(8)10(11)12/h3-6H,7H2,1-2H3/p+1. The molecule has 1 rings (SSSR count). The third-order valence-corrected chi connectivity index (χ3v) is 2.88. The smallest absolute Gasteiger partial charge is 0.336 e. The van der Waals surface area contributed by atoms with Crippen LogP contribution in [0.2, 0.25) is 13.1 Å². The molecule has 0 aromatic heterocycles. The lowest BCUT2D eigenvalue weighted by Gasteiger charge is -2.00. The van der Waals surface area contributed by atoms with Crippen molar-refractivity contribution in [3.05, 3.63) is 35.4 Å². The van der Waals surface area contributed by atoms with Crippen LogP contribution in [0.25, 0.3) is 0 Å². The molecular formula is C10H13O2Si+. The van der Waals surface area contributed by atoms with Crippen LogP contribution in [-0.4, -0.2) is 19.9 Å². The number of aromatic carboxylic acids is 1. The second kappa shape index (κ2) is 4.23. The Morgan fingerprint density at radius 1 is 1.38 bits per heavy atom. The van der Waals surface area contributed by atoms with E-state index in [4.69, 9.17) is 5.11 Å². The lowest BCUT2D eigenvalue weighted by molar-refractivity contribution is 0.0696. The minimum absolute atomic E-state index is 0.405. The van der Waals surface area contributed by atoms with Crippen LogP contribution in [0.4, 0.5) is 0 Å². The van der Waals surface area contributed by atoms with Gasteiger partial charge in [0.05, 0.1) is 24.7 Å². The SMILES string of the molecule is C[Si+](C)Cc1ccccc1C(=O)O. The first-order chi connectivity index (χ1) is 6.11. The van der Waals surface area contributed by atoms with Crippen LogP contribution in [0.3, 0.4) is 0 Å². The van der Waals surface area contributed by atoms with Crippen molar-refractivity contribution in [3.63, 3.8) is 0 Å². The van der Waals surface area contributed by atoms with E-state index in [9.17, 15) is 4.79 Å². The van der Waals surface area contributed by atoms with Gasteiger partial charge in [0.1, 0.15) is 0 Å². The maximum absolute atomic E-state index is 10.8. The van der Waals surface area contributed by atoms with E-state index in [0.29, 0.717) is 5.56 Å². The second-order valence-corrected chi connectivity index (χ2v) is 6.11. The molecular weight excluding hydrogens is 180 g/mol. The fourth-order valence-electron chi connectivity index (χ4n) is 1.26. The summed E-state index contributed by atoms with van der Waals surface area (Å²) in [4.78, 5) is 10.8. The Morgan fingerprint density at radius 2 is 2.00 bits per heavy atom. The quantitative estimate of drug-likeness (QED) is 0.747. The molecule has 0 fully saturated rings. The van der Waals surface area contributed by atoms with Gasteiger partial charge in [-0.1, -0.05) is 18.2 Å². The van der Waals surface area contributed by atoms with Crippen LogP contribution in [0.5, 0.6) is 0 Å². The summed E-state index contributed by atoms with van der Waals surface area (Å²) >= 11 is 0. The fourth-order valence-corrected chi connectivity index (χ4v) is 2.33. The minimum atomic E-state index is -0.821. The average Bonchev–Trinajstić information content (AvgIpc) is 2.03. The van der Waals surface area contributed by atoms with Crippen molar-refractivity contribution in [2.45, 2.75) is 19.1 Å². The molecule has 1 aromatic rings. The summed E-state index contributed by atoms with van der Waals surface area (Å²) in [6.45, 7) is 4.37. The summed E-state index contributed by atoms with van der Waals surface area (Å²) < 4.78 is 0. The number of hydrogen-bond acceptors (Lipinski definition) is 1. The van der Waals surface area contributed by atoms with E-state index in [1.165, 1.54) is 0 Å². The Kier molecular flexibility index (Phi) is 3.25. The number of rotatable bonds is 3. The average molecular weight is 193 g/mol. The van der Waals surface area contributed by atoms with Crippen molar-refractivity contribution >= 4 is 14.8 Å². The molecule has 0 radical (unpaired) electrons. The maximum atomic E-state index is 10.8. The van der Waals surface area contributed by atoms with Gasteiger partial charge in [-0.15, -0.1) is 0 Å². The third kappa shape index (κ3) is 2.70. The van der Waals surface area contributed by atoms with Gasteiger partial charge in [-0.05, 0) is 11.6 Å². The van der Waals surface area contributed by atoms with Crippen LogP contribution in [-0.2, 0) is 6.04 Å². The summed E-state index contributed by atoms with van der Waals surface area (Å²) in [5, 5.41) is 8.89. The van der Waals surface area contributed by atoms with E-state index < -0.39 is 14.8 Å². The molecule has 2 nitrogen and oxygen atoms in total. The fraction of sp³-hybridized carbons (Fsp3) is 0.300. The first-order valence-corrected chi connectivity index (χ1v) is 6.92. The number of carboxylic acids is 1. The van der Waals surface area contributed by atoms with Gasteiger partial charge in [-0.25, -0.2) is 4.79 Å². The molecule has 0 saturated heterocycles. The molecule has 0 saturated carbocycles. The molecule has 0 aliphatic heterocycles. The molecule has 1 aromatic carbocycles. The van der Waals surface area contributed by atoms with E-state index in [-0.39, 0.29) is 0 Å². The van der Waals surface area contributed by atoms with Crippen molar-refractivity contribution in [3.8, 4) is 0 Å². The molecule has 0 atom stereocenters. The molecule has 68 valence electrons. The van der Waals surface area contributed by atoms with Crippen molar-refractivity contribution < 1.29 is 9.90 Å². The molecule has 0 amide bonds. The van der Waals surface area contributed by atoms with Crippen molar-refractivity contribution in [2.24, 2.45) is 0 Å². The van der Waals surface area contributed by atoms with Gasteiger partial charge in [0.25, 0.3) is 0 Å². The highest BCUT2D eigenvalue weighted by Gasteiger charge is 2.17. The molecule has 0 bridgehead atoms. The summed E-state index contributed by atoms with van der Waals surface area (Å²) in [5.74, 6) is -0.821. The molecule has 0 aliphatic rings. The Hall–Kier alpha value is -1.09. The number of carbonyl (C=O) groups is 1.